The molecule has 0 saturated heterocycles. The number of nitriles is 1. The van der Waals surface area contributed by atoms with E-state index < -0.39 is 0 Å². The lowest BCUT2D eigenvalue weighted by Gasteiger charge is -2.29. The molecule has 1 amide bonds. The van der Waals surface area contributed by atoms with Crippen molar-refractivity contribution in [2.75, 3.05) is 13.7 Å². The zero-order chi connectivity index (χ0) is 19.1. The molecule has 1 fully saturated rings. The Morgan fingerprint density at radius 2 is 2.15 bits per heavy atom. The standard InChI is InChI=1S/C20H25ClN2O3/c1-4-26-18-11-14(10-16(21)19(18)25-3)9-15(12-22)20(24)23-17-8-6-5-7-13(17)2/h9-11,13,17H,4-8H2,1-3H3,(H,23,24)/b15-9+/t13-,17-/m0/s1. The third-order valence-corrected chi connectivity index (χ3v) is 4.92. The number of hydrogen-bond acceptors (Lipinski definition) is 4. The Morgan fingerprint density at radius 3 is 2.77 bits per heavy atom. The third-order valence-electron chi connectivity index (χ3n) is 4.64. The van der Waals surface area contributed by atoms with Crippen molar-refractivity contribution < 1.29 is 14.3 Å². The van der Waals surface area contributed by atoms with Crippen LogP contribution in [0.15, 0.2) is 17.7 Å². The van der Waals surface area contributed by atoms with E-state index in [1.54, 1.807) is 12.1 Å². The molecular weight excluding hydrogens is 352 g/mol. The Labute approximate surface area is 159 Å². The summed E-state index contributed by atoms with van der Waals surface area (Å²) in [7, 11) is 1.51. The van der Waals surface area contributed by atoms with Gasteiger partial charge in [0.05, 0.1) is 18.7 Å². The molecule has 2 rings (SSSR count). The lowest BCUT2D eigenvalue weighted by atomic mass is 9.86. The molecule has 6 heteroatoms. The maximum Gasteiger partial charge on any atom is 0.262 e. The quantitative estimate of drug-likeness (QED) is 0.591. The van der Waals surface area contributed by atoms with Crippen LogP contribution in [0.5, 0.6) is 11.5 Å². The van der Waals surface area contributed by atoms with E-state index in [0.29, 0.717) is 34.6 Å². The first kappa shape index (κ1) is 20.1. The van der Waals surface area contributed by atoms with E-state index in [0.717, 1.165) is 19.3 Å². The van der Waals surface area contributed by atoms with Gasteiger partial charge >= 0.3 is 0 Å². The van der Waals surface area contributed by atoms with Crippen molar-refractivity contribution in [2.24, 2.45) is 5.92 Å². The summed E-state index contributed by atoms with van der Waals surface area (Å²) in [6.45, 7) is 4.44. The molecule has 0 spiro atoms. The van der Waals surface area contributed by atoms with Gasteiger partial charge in [-0.3, -0.25) is 4.79 Å². The van der Waals surface area contributed by atoms with Crippen LogP contribution in [-0.4, -0.2) is 25.7 Å². The van der Waals surface area contributed by atoms with Crippen molar-refractivity contribution in [1.29, 1.82) is 5.26 Å². The van der Waals surface area contributed by atoms with Crippen LogP contribution in [0, 0.1) is 17.2 Å². The topological polar surface area (TPSA) is 71.3 Å². The van der Waals surface area contributed by atoms with Crippen molar-refractivity contribution in [3.05, 3.63) is 28.3 Å². The molecule has 1 aromatic rings. The molecule has 2 atom stereocenters. The first-order chi connectivity index (χ1) is 12.5. The van der Waals surface area contributed by atoms with Gasteiger partial charge in [0.1, 0.15) is 11.6 Å². The minimum atomic E-state index is -0.351. The smallest absolute Gasteiger partial charge is 0.262 e. The van der Waals surface area contributed by atoms with E-state index >= 15 is 0 Å². The van der Waals surface area contributed by atoms with Crippen molar-refractivity contribution in [3.63, 3.8) is 0 Å². The molecule has 0 heterocycles. The van der Waals surface area contributed by atoms with Crippen LogP contribution >= 0.6 is 11.6 Å². The highest BCUT2D eigenvalue weighted by atomic mass is 35.5. The van der Waals surface area contributed by atoms with Crippen LogP contribution < -0.4 is 14.8 Å². The molecule has 1 N–H and O–H groups in total. The third kappa shape index (κ3) is 4.92. The second kappa shape index (κ2) is 9.49. The van der Waals surface area contributed by atoms with Crippen LogP contribution in [0.1, 0.15) is 45.1 Å². The molecule has 0 unspecified atom stereocenters. The highest BCUT2D eigenvalue weighted by molar-refractivity contribution is 6.32. The number of benzene rings is 1. The van der Waals surface area contributed by atoms with Crippen LogP contribution in [0.4, 0.5) is 0 Å². The summed E-state index contributed by atoms with van der Waals surface area (Å²) in [6, 6.07) is 5.47. The van der Waals surface area contributed by atoms with Gasteiger partial charge in [-0.15, -0.1) is 0 Å². The zero-order valence-corrected chi connectivity index (χ0v) is 16.2. The minimum Gasteiger partial charge on any atom is -0.491 e. The fraction of sp³-hybridized carbons (Fsp3) is 0.500. The molecule has 0 radical (unpaired) electrons. The molecule has 26 heavy (non-hydrogen) atoms. The van der Waals surface area contributed by atoms with Gasteiger partial charge < -0.3 is 14.8 Å². The molecule has 140 valence electrons. The van der Waals surface area contributed by atoms with Crippen LogP contribution in [-0.2, 0) is 4.79 Å². The first-order valence-electron chi connectivity index (χ1n) is 8.93. The largest absolute Gasteiger partial charge is 0.491 e. The zero-order valence-electron chi connectivity index (χ0n) is 15.5. The van der Waals surface area contributed by atoms with E-state index in [2.05, 4.69) is 12.2 Å². The number of hydrogen-bond donors (Lipinski definition) is 1. The minimum absolute atomic E-state index is 0.0476. The van der Waals surface area contributed by atoms with Crippen molar-refractivity contribution in [1.82, 2.24) is 5.32 Å². The monoisotopic (exact) mass is 376 g/mol. The number of nitrogens with zero attached hydrogens (tertiary/aromatic N) is 1. The molecule has 0 bridgehead atoms. The predicted molar refractivity (Wildman–Crippen MR) is 102 cm³/mol. The maximum atomic E-state index is 12.5. The molecule has 0 aromatic heterocycles. The number of methoxy groups -OCH3 is 1. The van der Waals surface area contributed by atoms with E-state index in [-0.39, 0.29) is 17.5 Å². The number of rotatable bonds is 6. The fourth-order valence-electron chi connectivity index (χ4n) is 3.22. The van der Waals surface area contributed by atoms with Gasteiger partial charge in [-0.05, 0) is 49.5 Å². The second-order valence-electron chi connectivity index (χ2n) is 6.48. The molecule has 0 aliphatic heterocycles. The summed E-state index contributed by atoms with van der Waals surface area (Å²) in [5, 5.41) is 12.8. The summed E-state index contributed by atoms with van der Waals surface area (Å²) in [4.78, 5) is 12.5. The summed E-state index contributed by atoms with van der Waals surface area (Å²) in [5.74, 6) is 0.987. The fourth-order valence-corrected chi connectivity index (χ4v) is 3.52. The average Bonchev–Trinajstić information content (AvgIpc) is 2.61. The van der Waals surface area contributed by atoms with Gasteiger partial charge in [0.15, 0.2) is 11.5 Å². The maximum absolute atomic E-state index is 12.5. The number of nitrogens with one attached hydrogen (secondary N) is 1. The van der Waals surface area contributed by atoms with Gasteiger partial charge in [-0.25, -0.2) is 0 Å². The lowest BCUT2D eigenvalue weighted by molar-refractivity contribution is -0.118. The SMILES string of the molecule is CCOc1cc(/C=C(\C#N)C(=O)N[C@H]2CCCC[C@@H]2C)cc(Cl)c1OC. The van der Waals surface area contributed by atoms with Gasteiger partial charge in [-0.2, -0.15) is 5.26 Å². The highest BCUT2D eigenvalue weighted by Gasteiger charge is 2.24. The number of amides is 1. The average molecular weight is 377 g/mol. The number of halogens is 1. The second-order valence-corrected chi connectivity index (χ2v) is 6.89. The molecule has 5 nitrogen and oxygen atoms in total. The lowest BCUT2D eigenvalue weighted by Crippen LogP contribution is -2.41. The van der Waals surface area contributed by atoms with Crippen LogP contribution in [0.2, 0.25) is 5.02 Å². The van der Waals surface area contributed by atoms with Crippen LogP contribution in [0.25, 0.3) is 6.08 Å². The summed E-state index contributed by atoms with van der Waals surface area (Å²) >= 11 is 6.23. The summed E-state index contributed by atoms with van der Waals surface area (Å²) in [6.07, 6.45) is 5.87. The normalized spacial score (nSPS) is 20.2. The Kier molecular flexibility index (Phi) is 7.35. The van der Waals surface area contributed by atoms with Gasteiger partial charge in [0, 0.05) is 6.04 Å². The first-order valence-corrected chi connectivity index (χ1v) is 9.30. The van der Waals surface area contributed by atoms with Crippen LogP contribution in [0.3, 0.4) is 0 Å². The van der Waals surface area contributed by atoms with E-state index in [9.17, 15) is 10.1 Å². The van der Waals surface area contributed by atoms with Gasteiger partial charge in [0.25, 0.3) is 5.91 Å². The summed E-state index contributed by atoms with van der Waals surface area (Å²) < 4.78 is 10.8. The Bertz CT molecular complexity index is 725. The van der Waals surface area contributed by atoms with E-state index in [1.165, 1.54) is 19.6 Å². The van der Waals surface area contributed by atoms with Crippen molar-refractivity contribution >= 4 is 23.6 Å². The molecule has 1 saturated carbocycles. The molecule has 1 aromatic carbocycles. The Morgan fingerprint density at radius 1 is 1.42 bits per heavy atom. The summed E-state index contributed by atoms with van der Waals surface area (Å²) in [5.41, 5.74) is 0.661. The van der Waals surface area contributed by atoms with E-state index in [4.69, 9.17) is 21.1 Å². The molecule has 1 aliphatic carbocycles. The number of carbonyl (C=O) groups excluding carboxylic acids is 1. The molecular formula is C20H25ClN2O3. The van der Waals surface area contributed by atoms with E-state index in [1.807, 2.05) is 13.0 Å². The molecule has 1 aliphatic rings. The van der Waals surface area contributed by atoms with Crippen molar-refractivity contribution in [3.8, 4) is 17.6 Å². The number of ether oxygens (including phenoxy) is 2. The Balaban J connectivity index is 2.24. The van der Waals surface area contributed by atoms with Gasteiger partial charge in [0.2, 0.25) is 0 Å². The van der Waals surface area contributed by atoms with Gasteiger partial charge in [-0.1, -0.05) is 31.4 Å². The Hall–Kier alpha value is -2.19. The van der Waals surface area contributed by atoms with Crippen molar-refractivity contribution in [2.45, 2.75) is 45.6 Å². The predicted octanol–water partition coefficient (Wildman–Crippen LogP) is 4.35. The highest BCUT2D eigenvalue weighted by Crippen LogP contribution is 2.37. The number of carbonyl (C=O) groups is 1.